The molecule has 0 amide bonds. The summed E-state index contributed by atoms with van der Waals surface area (Å²) < 4.78 is 10.3. The van der Waals surface area contributed by atoms with E-state index in [1.165, 1.54) is 4.57 Å². The van der Waals surface area contributed by atoms with Gasteiger partial charge in [-0.15, -0.1) is 10.2 Å². The molecule has 4 aromatic rings. The molecule has 0 N–H and O–H groups in total. The molecule has 8 nitrogen and oxygen atoms in total. The third-order valence-electron chi connectivity index (χ3n) is 4.43. The SMILES string of the molecule is Cc1ccc2c(c1)c(=O)n(C)c1nnc(COC(=O)c3cccn3C)n21. The van der Waals surface area contributed by atoms with Crippen LogP contribution in [0.5, 0.6) is 0 Å². The summed E-state index contributed by atoms with van der Waals surface area (Å²) in [5.74, 6) is 0.405. The molecule has 132 valence electrons. The molecule has 0 radical (unpaired) electrons. The van der Waals surface area contributed by atoms with E-state index in [0.717, 1.165) is 5.56 Å². The monoisotopic (exact) mass is 351 g/mol. The lowest BCUT2D eigenvalue weighted by molar-refractivity contribution is 0.0450. The van der Waals surface area contributed by atoms with E-state index in [-0.39, 0.29) is 12.2 Å². The molecule has 1 aromatic carbocycles. The third-order valence-corrected chi connectivity index (χ3v) is 4.43. The topological polar surface area (TPSA) is 83.4 Å². The molecule has 26 heavy (non-hydrogen) atoms. The highest BCUT2D eigenvalue weighted by Gasteiger charge is 2.17. The zero-order valence-electron chi connectivity index (χ0n) is 14.6. The van der Waals surface area contributed by atoms with Crippen LogP contribution in [0, 0.1) is 6.92 Å². The van der Waals surface area contributed by atoms with Crippen LogP contribution >= 0.6 is 0 Å². The molecule has 0 fully saturated rings. The van der Waals surface area contributed by atoms with Gasteiger partial charge in [0.2, 0.25) is 5.78 Å². The van der Waals surface area contributed by atoms with Crippen molar-refractivity contribution in [1.82, 2.24) is 23.7 Å². The summed E-state index contributed by atoms with van der Waals surface area (Å²) in [6.07, 6.45) is 1.77. The van der Waals surface area contributed by atoms with Crippen LogP contribution < -0.4 is 5.56 Å². The first-order valence-corrected chi connectivity index (χ1v) is 8.09. The molecular formula is C18H17N5O3. The Morgan fingerprint density at radius 1 is 1.19 bits per heavy atom. The number of ether oxygens (including phenoxy) is 1. The first kappa shape index (κ1) is 16.1. The average Bonchev–Trinajstić information content (AvgIpc) is 3.24. The smallest absolute Gasteiger partial charge is 0.355 e. The molecule has 0 bridgehead atoms. The lowest BCUT2D eigenvalue weighted by Crippen LogP contribution is -2.21. The molecule has 0 saturated heterocycles. The standard InChI is InChI=1S/C18H17N5O3/c1-11-6-7-13-12(9-11)16(24)22(3)18-20-19-15(23(13)18)10-26-17(25)14-5-4-8-21(14)2/h4-9H,10H2,1-3H3. The number of rotatable bonds is 3. The van der Waals surface area contributed by atoms with Gasteiger partial charge >= 0.3 is 5.97 Å². The Bertz CT molecular complexity index is 1210. The van der Waals surface area contributed by atoms with Gasteiger partial charge in [-0.05, 0) is 31.2 Å². The maximum atomic E-state index is 12.6. The van der Waals surface area contributed by atoms with Gasteiger partial charge in [-0.3, -0.25) is 13.8 Å². The number of esters is 1. The molecule has 0 saturated carbocycles. The molecule has 4 rings (SSSR count). The van der Waals surface area contributed by atoms with E-state index in [2.05, 4.69) is 10.2 Å². The number of hydrogen-bond donors (Lipinski definition) is 0. The van der Waals surface area contributed by atoms with Gasteiger partial charge in [-0.2, -0.15) is 0 Å². The van der Waals surface area contributed by atoms with E-state index in [0.29, 0.717) is 28.2 Å². The lowest BCUT2D eigenvalue weighted by Gasteiger charge is -2.09. The quantitative estimate of drug-likeness (QED) is 0.523. The highest BCUT2D eigenvalue weighted by molar-refractivity contribution is 5.87. The summed E-state index contributed by atoms with van der Waals surface area (Å²) in [5.41, 5.74) is 1.98. The molecule has 0 atom stereocenters. The van der Waals surface area contributed by atoms with E-state index in [1.54, 1.807) is 41.4 Å². The van der Waals surface area contributed by atoms with Crippen molar-refractivity contribution in [3.05, 3.63) is 64.0 Å². The Hall–Kier alpha value is -3.42. The molecule has 8 heteroatoms. The normalized spacial score (nSPS) is 11.3. The first-order chi connectivity index (χ1) is 12.5. The van der Waals surface area contributed by atoms with Crippen LogP contribution in [-0.2, 0) is 25.4 Å². The number of carbonyl (C=O) groups excluding carboxylic acids is 1. The molecular weight excluding hydrogens is 334 g/mol. The Balaban J connectivity index is 1.79. The summed E-state index contributed by atoms with van der Waals surface area (Å²) >= 11 is 0. The fourth-order valence-electron chi connectivity index (χ4n) is 3.03. The van der Waals surface area contributed by atoms with Crippen molar-refractivity contribution in [1.29, 1.82) is 0 Å². The van der Waals surface area contributed by atoms with E-state index >= 15 is 0 Å². The van der Waals surface area contributed by atoms with Gasteiger partial charge in [-0.25, -0.2) is 4.79 Å². The number of benzene rings is 1. The van der Waals surface area contributed by atoms with E-state index in [9.17, 15) is 9.59 Å². The lowest BCUT2D eigenvalue weighted by atomic mass is 10.1. The molecule has 0 aliphatic rings. The minimum absolute atomic E-state index is 0.0492. The predicted octanol–water partition coefficient (Wildman–Crippen LogP) is 1.59. The number of nitrogens with zero attached hydrogens (tertiary/aromatic N) is 5. The summed E-state index contributed by atoms with van der Waals surface area (Å²) in [4.78, 5) is 24.8. The fraction of sp³-hybridized carbons (Fsp3) is 0.222. The zero-order chi connectivity index (χ0) is 18.4. The summed E-state index contributed by atoms with van der Waals surface area (Å²) in [6, 6.07) is 9.06. The van der Waals surface area contributed by atoms with Crippen LogP contribution in [0.2, 0.25) is 0 Å². The van der Waals surface area contributed by atoms with Crippen LogP contribution in [0.1, 0.15) is 21.9 Å². The van der Waals surface area contributed by atoms with E-state index < -0.39 is 5.97 Å². The van der Waals surface area contributed by atoms with Crippen molar-refractivity contribution in [3.8, 4) is 0 Å². The summed E-state index contributed by atoms with van der Waals surface area (Å²) in [7, 11) is 3.42. The van der Waals surface area contributed by atoms with Crippen LogP contribution in [-0.4, -0.2) is 29.7 Å². The van der Waals surface area contributed by atoms with Crippen molar-refractivity contribution in [3.63, 3.8) is 0 Å². The minimum atomic E-state index is -0.445. The Morgan fingerprint density at radius 2 is 2.00 bits per heavy atom. The second-order valence-corrected chi connectivity index (χ2v) is 6.22. The van der Waals surface area contributed by atoms with Crippen molar-refractivity contribution in [2.24, 2.45) is 14.1 Å². The van der Waals surface area contributed by atoms with Crippen LogP contribution in [0.15, 0.2) is 41.3 Å². The number of aromatic nitrogens is 5. The number of hydrogen-bond acceptors (Lipinski definition) is 5. The first-order valence-electron chi connectivity index (χ1n) is 8.09. The highest BCUT2D eigenvalue weighted by atomic mass is 16.5. The number of carbonyl (C=O) groups is 1. The Kier molecular flexibility index (Phi) is 3.61. The van der Waals surface area contributed by atoms with Gasteiger partial charge in [0.25, 0.3) is 5.56 Å². The third kappa shape index (κ3) is 2.38. The van der Waals surface area contributed by atoms with Gasteiger partial charge < -0.3 is 9.30 Å². The van der Waals surface area contributed by atoms with Crippen molar-refractivity contribution in [2.75, 3.05) is 0 Å². The van der Waals surface area contributed by atoms with Crippen molar-refractivity contribution in [2.45, 2.75) is 13.5 Å². The zero-order valence-corrected chi connectivity index (χ0v) is 14.6. The predicted molar refractivity (Wildman–Crippen MR) is 95.0 cm³/mol. The van der Waals surface area contributed by atoms with Crippen molar-refractivity contribution < 1.29 is 9.53 Å². The van der Waals surface area contributed by atoms with Crippen LogP contribution in [0.3, 0.4) is 0 Å². The largest absolute Gasteiger partial charge is 0.453 e. The van der Waals surface area contributed by atoms with Gasteiger partial charge in [0, 0.05) is 20.3 Å². The van der Waals surface area contributed by atoms with Gasteiger partial charge in [0.15, 0.2) is 12.4 Å². The number of aryl methyl sites for hydroxylation is 3. The summed E-state index contributed by atoms with van der Waals surface area (Å²) in [6.45, 7) is 1.88. The van der Waals surface area contributed by atoms with Crippen LogP contribution in [0.25, 0.3) is 16.7 Å². The van der Waals surface area contributed by atoms with Crippen LogP contribution in [0.4, 0.5) is 0 Å². The van der Waals surface area contributed by atoms with E-state index in [1.807, 2.05) is 25.1 Å². The minimum Gasteiger partial charge on any atom is -0.453 e. The van der Waals surface area contributed by atoms with Gasteiger partial charge in [-0.1, -0.05) is 11.6 Å². The second kappa shape index (κ2) is 5.83. The Labute approximate surface area is 148 Å². The maximum Gasteiger partial charge on any atom is 0.355 e. The maximum absolute atomic E-state index is 12.6. The van der Waals surface area contributed by atoms with Gasteiger partial charge in [0.05, 0.1) is 10.9 Å². The van der Waals surface area contributed by atoms with E-state index in [4.69, 9.17) is 4.74 Å². The second-order valence-electron chi connectivity index (χ2n) is 6.22. The molecule has 3 heterocycles. The molecule has 0 spiro atoms. The van der Waals surface area contributed by atoms with Gasteiger partial charge in [0.1, 0.15) is 5.69 Å². The Morgan fingerprint density at radius 3 is 2.73 bits per heavy atom. The highest BCUT2D eigenvalue weighted by Crippen LogP contribution is 2.16. The van der Waals surface area contributed by atoms with Crippen molar-refractivity contribution >= 4 is 22.6 Å². The average molecular weight is 351 g/mol. The molecule has 3 aromatic heterocycles. The summed E-state index contributed by atoms with van der Waals surface area (Å²) in [5, 5.41) is 8.77. The fourth-order valence-corrected chi connectivity index (χ4v) is 3.03. The number of fused-ring (bicyclic) bond motifs is 3. The molecule has 0 aliphatic carbocycles. The molecule has 0 aliphatic heterocycles. The molecule has 0 unspecified atom stereocenters.